The van der Waals surface area contributed by atoms with E-state index < -0.39 is 21.9 Å². The fourth-order valence-corrected chi connectivity index (χ4v) is 6.45. The van der Waals surface area contributed by atoms with E-state index in [1.165, 1.54) is 22.8 Å². The van der Waals surface area contributed by atoms with Crippen LogP contribution < -0.4 is 5.32 Å². The Morgan fingerprint density at radius 3 is 2.62 bits per heavy atom. The number of piperidine rings is 1. The number of halogens is 1. The minimum Gasteiger partial charge on any atom is -0.465 e. The van der Waals surface area contributed by atoms with Gasteiger partial charge in [-0.2, -0.15) is 4.31 Å². The molecule has 1 aliphatic heterocycles. The van der Waals surface area contributed by atoms with Crippen molar-refractivity contribution in [2.24, 2.45) is 5.92 Å². The normalized spacial score (nSPS) is 17.2. The molecule has 1 atom stereocenters. The van der Waals surface area contributed by atoms with E-state index in [0.717, 1.165) is 14.6 Å². The number of nitrogens with zero attached hydrogens (tertiary/aromatic N) is 1. The van der Waals surface area contributed by atoms with Crippen molar-refractivity contribution in [2.75, 3.05) is 25.5 Å². The SMILES string of the molecule is COC(=O)c1cc2cc(NC(=O)[C@@H]3CCCN(S(=O)(=O)c4ccc(Br)cc4)C3)ccc2s1. The molecule has 0 saturated carbocycles. The van der Waals surface area contributed by atoms with Crippen LogP contribution in [0.25, 0.3) is 10.1 Å². The Kier molecular flexibility index (Phi) is 6.66. The van der Waals surface area contributed by atoms with Crippen molar-refractivity contribution in [3.05, 3.63) is 57.9 Å². The van der Waals surface area contributed by atoms with E-state index in [2.05, 4.69) is 21.2 Å². The number of sulfonamides is 1. The van der Waals surface area contributed by atoms with E-state index in [9.17, 15) is 18.0 Å². The molecule has 4 rings (SSSR count). The van der Waals surface area contributed by atoms with Crippen molar-refractivity contribution >= 4 is 64.9 Å². The number of benzene rings is 2. The van der Waals surface area contributed by atoms with Gasteiger partial charge in [0.05, 0.1) is 17.9 Å². The van der Waals surface area contributed by atoms with Crippen LogP contribution in [0.2, 0.25) is 0 Å². The lowest BCUT2D eigenvalue weighted by Crippen LogP contribution is -2.43. The maximum atomic E-state index is 13.0. The van der Waals surface area contributed by atoms with E-state index >= 15 is 0 Å². The van der Waals surface area contributed by atoms with Crippen LogP contribution >= 0.6 is 27.3 Å². The van der Waals surface area contributed by atoms with Gasteiger partial charge in [-0.3, -0.25) is 4.79 Å². The van der Waals surface area contributed by atoms with Gasteiger partial charge in [-0.05, 0) is 66.8 Å². The number of thiophene rings is 1. The van der Waals surface area contributed by atoms with Crippen molar-refractivity contribution in [3.63, 3.8) is 0 Å². The standard InChI is InChI=1S/C22H21BrN2O5S2/c1-30-22(27)20-12-15-11-17(6-9-19(15)31-20)24-21(26)14-3-2-10-25(13-14)32(28,29)18-7-4-16(23)5-8-18/h4-9,11-12,14H,2-3,10,13H2,1H3,(H,24,26)/t14-/m1/s1. The van der Waals surface area contributed by atoms with Crippen LogP contribution in [-0.2, 0) is 19.6 Å². The molecule has 1 N–H and O–H groups in total. The first kappa shape index (κ1) is 22.9. The highest BCUT2D eigenvalue weighted by molar-refractivity contribution is 9.10. The van der Waals surface area contributed by atoms with Crippen LogP contribution in [0.4, 0.5) is 5.69 Å². The molecule has 1 aromatic heterocycles. The minimum atomic E-state index is -3.66. The number of fused-ring (bicyclic) bond motifs is 1. The van der Waals surface area contributed by atoms with Crippen LogP contribution in [0.3, 0.4) is 0 Å². The zero-order valence-electron chi connectivity index (χ0n) is 17.2. The molecule has 168 valence electrons. The first-order valence-electron chi connectivity index (χ1n) is 9.96. The number of nitrogens with one attached hydrogen (secondary N) is 1. The second-order valence-electron chi connectivity index (χ2n) is 7.50. The zero-order chi connectivity index (χ0) is 22.9. The van der Waals surface area contributed by atoms with Gasteiger partial charge in [-0.1, -0.05) is 15.9 Å². The number of methoxy groups -OCH3 is 1. The molecule has 0 radical (unpaired) electrons. The predicted octanol–water partition coefficient (Wildman–Crippen LogP) is 4.49. The molecule has 0 bridgehead atoms. The lowest BCUT2D eigenvalue weighted by molar-refractivity contribution is -0.120. The third-order valence-electron chi connectivity index (χ3n) is 5.38. The van der Waals surface area contributed by atoms with Crippen LogP contribution in [0, 0.1) is 5.92 Å². The zero-order valence-corrected chi connectivity index (χ0v) is 20.4. The molecular formula is C22H21BrN2O5S2. The monoisotopic (exact) mass is 536 g/mol. The molecule has 1 aliphatic rings. The summed E-state index contributed by atoms with van der Waals surface area (Å²) in [5, 5.41) is 3.73. The van der Waals surface area contributed by atoms with Crippen molar-refractivity contribution < 1.29 is 22.7 Å². The van der Waals surface area contributed by atoms with Gasteiger partial charge in [0.25, 0.3) is 0 Å². The summed E-state index contributed by atoms with van der Waals surface area (Å²) in [6.45, 7) is 0.525. The lowest BCUT2D eigenvalue weighted by atomic mass is 9.98. The topological polar surface area (TPSA) is 92.8 Å². The highest BCUT2D eigenvalue weighted by Gasteiger charge is 2.33. The van der Waals surface area contributed by atoms with E-state index in [4.69, 9.17) is 4.74 Å². The molecule has 2 heterocycles. The third kappa shape index (κ3) is 4.73. The molecule has 0 unspecified atom stereocenters. The fraction of sp³-hybridized carbons (Fsp3) is 0.273. The number of anilines is 1. The molecule has 0 spiro atoms. The largest absolute Gasteiger partial charge is 0.465 e. The average Bonchev–Trinajstić information content (AvgIpc) is 3.22. The first-order valence-corrected chi connectivity index (χ1v) is 13.0. The van der Waals surface area contributed by atoms with E-state index in [0.29, 0.717) is 30.0 Å². The number of ether oxygens (including phenoxy) is 1. The van der Waals surface area contributed by atoms with Crippen molar-refractivity contribution in [2.45, 2.75) is 17.7 Å². The molecule has 3 aromatic rings. The number of amides is 1. The Bertz CT molecular complexity index is 1270. The fourth-order valence-electron chi connectivity index (χ4n) is 3.70. The highest BCUT2D eigenvalue weighted by Crippen LogP contribution is 2.30. The van der Waals surface area contributed by atoms with Gasteiger partial charge in [0.1, 0.15) is 4.88 Å². The summed E-state index contributed by atoms with van der Waals surface area (Å²) in [5.74, 6) is -1.06. The predicted molar refractivity (Wildman–Crippen MR) is 127 cm³/mol. The van der Waals surface area contributed by atoms with Crippen molar-refractivity contribution in [3.8, 4) is 0 Å². The molecule has 32 heavy (non-hydrogen) atoms. The highest BCUT2D eigenvalue weighted by atomic mass is 79.9. The molecular weight excluding hydrogens is 516 g/mol. The van der Waals surface area contributed by atoms with E-state index in [-0.39, 0.29) is 17.3 Å². The summed E-state index contributed by atoms with van der Waals surface area (Å²) in [6, 6.07) is 13.6. The number of rotatable bonds is 5. The number of hydrogen-bond acceptors (Lipinski definition) is 6. The maximum Gasteiger partial charge on any atom is 0.348 e. The van der Waals surface area contributed by atoms with Crippen LogP contribution in [0.1, 0.15) is 22.5 Å². The summed E-state index contributed by atoms with van der Waals surface area (Å²) in [5.41, 5.74) is 0.601. The molecule has 7 nitrogen and oxygen atoms in total. The summed E-state index contributed by atoms with van der Waals surface area (Å²) in [7, 11) is -2.33. The quantitative estimate of drug-likeness (QED) is 0.485. The van der Waals surface area contributed by atoms with Gasteiger partial charge >= 0.3 is 5.97 Å². The Morgan fingerprint density at radius 2 is 1.91 bits per heavy atom. The molecule has 1 saturated heterocycles. The van der Waals surface area contributed by atoms with Gasteiger partial charge in [-0.15, -0.1) is 11.3 Å². The molecule has 0 aliphatic carbocycles. The Hall–Kier alpha value is -2.27. The number of carbonyl (C=O) groups is 2. The van der Waals surface area contributed by atoms with E-state index in [1.807, 2.05) is 6.07 Å². The Balaban J connectivity index is 1.47. The van der Waals surface area contributed by atoms with Gasteiger partial charge < -0.3 is 10.1 Å². The van der Waals surface area contributed by atoms with Gasteiger partial charge in [0, 0.05) is 27.9 Å². The van der Waals surface area contributed by atoms with Gasteiger partial charge in [0.2, 0.25) is 15.9 Å². The van der Waals surface area contributed by atoms with Crippen LogP contribution in [-0.4, -0.2) is 44.8 Å². The van der Waals surface area contributed by atoms with Gasteiger partial charge in [0.15, 0.2) is 0 Å². The second kappa shape index (κ2) is 9.30. The lowest BCUT2D eigenvalue weighted by Gasteiger charge is -2.31. The Labute approximate surface area is 198 Å². The summed E-state index contributed by atoms with van der Waals surface area (Å²) >= 11 is 4.64. The maximum absolute atomic E-state index is 13.0. The van der Waals surface area contributed by atoms with Crippen molar-refractivity contribution in [1.82, 2.24) is 4.31 Å². The molecule has 1 fully saturated rings. The molecule has 10 heteroatoms. The minimum absolute atomic E-state index is 0.136. The first-order chi connectivity index (χ1) is 15.3. The molecule has 1 amide bonds. The van der Waals surface area contributed by atoms with Crippen molar-refractivity contribution in [1.29, 1.82) is 0 Å². The summed E-state index contributed by atoms with van der Waals surface area (Å²) in [6.07, 6.45) is 1.23. The summed E-state index contributed by atoms with van der Waals surface area (Å²) < 4.78 is 33.8. The number of hydrogen-bond donors (Lipinski definition) is 1. The Morgan fingerprint density at radius 1 is 1.16 bits per heavy atom. The third-order valence-corrected chi connectivity index (χ3v) is 8.88. The number of esters is 1. The average molecular weight is 537 g/mol. The van der Waals surface area contributed by atoms with Crippen LogP contribution in [0.5, 0.6) is 0 Å². The number of carbonyl (C=O) groups excluding carboxylic acids is 2. The molecule has 2 aromatic carbocycles. The second-order valence-corrected chi connectivity index (χ2v) is 11.4. The van der Waals surface area contributed by atoms with Crippen LogP contribution in [0.15, 0.2) is 57.9 Å². The summed E-state index contributed by atoms with van der Waals surface area (Å²) in [4.78, 5) is 25.4. The smallest absolute Gasteiger partial charge is 0.348 e. The van der Waals surface area contributed by atoms with E-state index in [1.54, 1.807) is 42.5 Å². The van der Waals surface area contributed by atoms with Gasteiger partial charge in [-0.25, -0.2) is 13.2 Å².